The van der Waals surface area contributed by atoms with Crippen LogP contribution in [0.25, 0.3) is 0 Å². The largest absolute Gasteiger partial charge is 0.394 e. The number of unbranched alkanes of at least 4 members (excludes halogenated alkanes) is 18. The van der Waals surface area contributed by atoms with E-state index in [9.17, 15) is 61.0 Å². The van der Waals surface area contributed by atoms with E-state index in [1.165, 1.54) is 64.2 Å². The molecule has 0 aliphatic carbocycles. The molecule has 0 aromatic rings. The zero-order chi connectivity index (χ0) is 67.5. The minimum Gasteiger partial charge on any atom is -0.394 e. The average Bonchev–Trinajstić information content (AvgIpc) is 0.828. The summed E-state index contributed by atoms with van der Waals surface area (Å²) in [5.74, 6) is -0.287. The lowest BCUT2D eigenvalue weighted by molar-refractivity contribution is -0.379. The van der Waals surface area contributed by atoms with Gasteiger partial charge in [0.15, 0.2) is 18.9 Å². The second-order valence-corrected chi connectivity index (χ2v) is 24.6. The van der Waals surface area contributed by atoms with Crippen LogP contribution in [0, 0.1) is 0 Å². The van der Waals surface area contributed by atoms with Crippen molar-refractivity contribution >= 4 is 5.91 Å². The molecule has 0 aromatic carbocycles. The topological polar surface area (TPSA) is 307 Å². The number of allylic oxidation sites excluding steroid dienone is 19. The summed E-state index contributed by atoms with van der Waals surface area (Å²) < 4.78 is 34.2. The molecular weight excluding hydrogens is 1190 g/mol. The van der Waals surface area contributed by atoms with Crippen molar-refractivity contribution < 1.29 is 89.4 Å². The maximum absolute atomic E-state index is 13.3. The number of hydrogen-bond donors (Lipinski definition) is 12. The number of carbonyl (C=O) groups is 1. The highest BCUT2D eigenvalue weighted by atomic mass is 16.8. The molecule has 532 valence electrons. The second-order valence-electron chi connectivity index (χ2n) is 24.6. The molecule has 0 aromatic heterocycles. The van der Waals surface area contributed by atoms with Crippen molar-refractivity contribution in [3.05, 3.63) is 122 Å². The van der Waals surface area contributed by atoms with Gasteiger partial charge in [-0.3, -0.25) is 4.79 Å². The van der Waals surface area contributed by atoms with Gasteiger partial charge < -0.3 is 89.9 Å². The minimum absolute atomic E-state index is 0.232. The van der Waals surface area contributed by atoms with Gasteiger partial charge in [-0.1, -0.05) is 232 Å². The van der Waals surface area contributed by atoms with Crippen molar-refractivity contribution in [2.45, 2.75) is 311 Å². The molecule has 17 unspecified atom stereocenters. The van der Waals surface area contributed by atoms with Crippen LogP contribution in [0.5, 0.6) is 0 Å². The molecule has 0 radical (unpaired) electrons. The van der Waals surface area contributed by atoms with Crippen molar-refractivity contribution in [3.63, 3.8) is 0 Å². The molecule has 3 saturated heterocycles. The molecule has 0 saturated carbocycles. The van der Waals surface area contributed by atoms with E-state index in [1.54, 1.807) is 6.08 Å². The van der Waals surface area contributed by atoms with Gasteiger partial charge >= 0.3 is 0 Å². The molecule has 17 atom stereocenters. The van der Waals surface area contributed by atoms with E-state index in [1.807, 2.05) is 6.08 Å². The first-order valence-corrected chi connectivity index (χ1v) is 35.3. The van der Waals surface area contributed by atoms with E-state index >= 15 is 0 Å². The summed E-state index contributed by atoms with van der Waals surface area (Å²) in [5.41, 5.74) is 0. The van der Waals surface area contributed by atoms with Crippen molar-refractivity contribution in [1.29, 1.82) is 0 Å². The van der Waals surface area contributed by atoms with E-state index < -0.39 is 124 Å². The van der Waals surface area contributed by atoms with Crippen LogP contribution in [0.3, 0.4) is 0 Å². The van der Waals surface area contributed by atoms with Crippen LogP contribution in [0.15, 0.2) is 122 Å². The number of carbonyl (C=O) groups excluding carboxylic acids is 1. The van der Waals surface area contributed by atoms with Gasteiger partial charge in [-0.2, -0.15) is 0 Å². The highest BCUT2D eigenvalue weighted by Gasteiger charge is 2.53. The van der Waals surface area contributed by atoms with Gasteiger partial charge in [0.25, 0.3) is 0 Å². The third-order valence-corrected chi connectivity index (χ3v) is 16.8. The third kappa shape index (κ3) is 35.8. The molecular formula is C74H123NO18. The first-order chi connectivity index (χ1) is 45.3. The first-order valence-electron chi connectivity index (χ1n) is 35.3. The van der Waals surface area contributed by atoms with Crippen LogP contribution in [0.4, 0.5) is 0 Å². The van der Waals surface area contributed by atoms with Gasteiger partial charge in [-0.25, -0.2) is 0 Å². The summed E-state index contributed by atoms with van der Waals surface area (Å²) in [5, 5.41) is 120. The molecule has 0 bridgehead atoms. The Labute approximate surface area is 557 Å². The minimum atomic E-state index is -1.98. The molecule has 3 heterocycles. The number of aliphatic hydroxyl groups is 11. The van der Waals surface area contributed by atoms with Crippen LogP contribution < -0.4 is 5.32 Å². The van der Waals surface area contributed by atoms with E-state index in [4.69, 9.17) is 28.4 Å². The first kappa shape index (κ1) is 83.4. The zero-order valence-electron chi connectivity index (χ0n) is 56.2. The van der Waals surface area contributed by atoms with Crippen LogP contribution in [-0.4, -0.2) is 193 Å². The summed E-state index contributed by atoms with van der Waals surface area (Å²) >= 11 is 0. The Balaban J connectivity index is 1.30. The second kappa shape index (κ2) is 54.2. The van der Waals surface area contributed by atoms with Gasteiger partial charge in [-0.05, 0) is 89.9 Å². The Morgan fingerprint density at radius 3 is 1.16 bits per heavy atom. The van der Waals surface area contributed by atoms with Crippen LogP contribution >= 0.6 is 0 Å². The van der Waals surface area contributed by atoms with Gasteiger partial charge in [0.1, 0.15) is 73.2 Å². The highest BCUT2D eigenvalue weighted by Crippen LogP contribution is 2.33. The van der Waals surface area contributed by atoms with Crippen LogP contribution in [-0.2, 0) is 33.2 Å². The number of hydrogen-bond acceptors (Lipinski definition) is 18. The fourth-order valence-corrected chi connectivity index (χ4v) is 11.1. The maximum atomic E-state index is 13.3. The molecule has 3 fully saturated rings. The lowest BCUT2D eigenvalue weighted by Crippen LogP contribution is -2.66. The molecule has 19 heteroatoms. The van der Waals surface area contributed by atoms with Gasteiger partial charge in [-0.15, -0.1) is 0 Å². The highest BCUT2D eigenvalue weighted by molar-refractivity contribution is 5.76. The lowest BCUT2D eigenvalue weighted by atomic mass is 9.96. The van der Waals surface area contributed by atoms with Crippen LogP contribution in [0.1, 0.15) is 206 Å². The maximum Gasteiger partial charge on any atom is 0.220 e. The van der Waals surface area contributed by atoms with Crippen molar-refractivity contribution in [1.82, 2.24) is 5.32 Å². The molecule has 0 spiro atoms. The molecule has 3 rings (SSSR count). The number of rotatable bonds is 52. The summed E-state index contributed by atoms with van der Waals surface area (Å²) in [6.07, 6.45) is 47.9. The van der Waals surface area contributed by atoms with Gasteiger partial charge in [0, 0.05) is 6.42 Å². The molecule has 19 nitrogen and oxygen atoms in total. The summed E-state index contributed by atoms with van der Waals surface area (Å²) in [7, 11) is 0. The zero-order valence-corrected chi connectivity index (χ0v) is 56.2. The van der Waals surface area contributed by atoms with Crippen molar-refractivity contribution in [2.24, 2.45) is 0 Å². The van der Waals surface area contributed by atoms with Crippen molar-refractivity contribution in [3.8, 4) is 0 Å². The van der Waals surface area contributed by atoms with Gasteiger partial charge in [0.05, 0.1) is 38.6 Å². The molecule has 12 N–H and O–H groups in total. The van der Waals surface area contributed by atoms with E-state index in [2.05, 4.69) is 129 Å². The average molecular weight is 1310 g/mol. The Bertz CT molecular complexity index is 2160. The molecule has 3 aliphatic heterocycles. The van der Waals surface area contributed by atoms with E-state index in [-0.39, 0.29) is 18.9 Å². The Morgan fingerprint density at radius 2 is 0.742 bits per heavy atom. The smallest absolute Gasteiger partial charge is 0.220 e. The number of amides is 1. The molecule has 3 aliphatic rings. The summed E-state index contributed by atoms with van der Waals surface area (Å²) in [6, 6.07) is -0.980. The van der Waals surface area contributed by atoms with E-state index in [0.717, 1.165) is 116 Å². The third-order valence-electron chi connectivity index (χ3n) is 16.8. The Hall–Kier alpha value is -3.81. The Kier molecular flexibility index (Phi) is 48.6. The number of aliphatic hydroxyl groups excluding tert-OH is 11. The summed E-state index contributed by atoms with van der Waals surface area (Å²) in [4.78, 5) is 13.3. The quantitative estimate of drug-likeness (QED) is 0.0199. The number of ether oxygens (including phenoxy) is 6. The van der Waals surface area contributed by atoms with Crippen LogP contribution in [0.2, 0.25) is 0 Å². The predicted molar refractivity (Wildman–Crippen MR) is 364 cm³/mol. The fraction of sp³-hybridized carbons (Fsp3) is 0.716. The monoisotopic (exact) mass is 1310 g/mol. The number of nitrogens with one attached hydrogen (secondary N) is 1. The predicted octanol–water partition coefficient (Wildman–Crippen LogP) is 9.60. The Morgan fingerprint density at radius 1 is 0.398 bits per heavy atom. The van der Waals surface area contributed by atoms with Gasteiger partial charge in [0.2, 0.25) is 5.91 Å². The summed E-state index contributed by atoms with van der Waals surface area (Å²) in [6.45, 7) is 1.55. The molecule has 93 heavy (non-hydrogen) atoms. The van der Waals surface area contributed by atoms with E-state index in [0.29, 0.717) is 6.42 Å². The lowest BCUT2D eigenvalue weighted by Gasteiger charge is -2.48. The normalized spacial score (nSPS) is 28.3. The van der Waals surface area contributed by atoms with Crippen molar-refractivity contribution in [2.75, 3.05) is 26.4 Å². The SMILES string of the molecule is CC/C=C\C/C=C\C/C=C\C/C=C\C/C=C\C/C=C\C/C=C\C/C=C\C/C=C\CCCCCCCCCCCCCC(=O)NC(COC1OC(CO)C(OC2OC(CO)C(OC3OC(CO)C(O)C(O)C3O)C(O)C2O)C(O)C1O)C(O)/C=C/CCCCCCCCC. The molecule has 1 amide bonds. The fourth-order valence-electron chi connectivity index (χ4n) is 11.1. The standard InChI is InChI=1S/C74H123NO18/c1-3-5-7-9-11-13-14-15-16-17-18-19-20-21-22-23-24-25-26-27-28-29-30-31-32-33-34-35-36-37-38-39-40-41-42-44-46-48-50-52-62(80)75-57(58(79)51-49-47-45-43-12-10-8-6-4-2)56-88-72-68(86)65(83)70(60(54-77)90-72)93-74-69(87)66(84)71(61(55-78)91-74)92-73-67(85)64(82)63(81)59(53-76)89-73/h5,7,11,13,15-16,18-19,21-22,24-25,27-28,30-31,33-34,49,51,57-61,63-74,76-79,81-87H,3-4,6,8-10,12,14,17,20,23,26,29,32,35-48,50,52-56H2,1-2H3,(H,75,80)/b7-5-,13-11-,16-15-,19-18-,22-21-,25-24-,28-27-,31-30-,34-33-,51-49+.